The van der Waals surface area contributed by atoms with E-state index >= 15 is 0 Å². The molecular weight excluding hydrogens is 214 g/mol. The van der Waals surface area contributed by atoms with E-state index in [0.717, 1.165) is 25.7 Å². The summed E-state index contributed by atoms with van der Waals surface area (Å²) in [5.41, 5.74) is 0. The molecule has 0 fully saturated rings. The van der Waals surface area contributed by atoms with Crippen LogP contribution in [0.2, 0.25) is 0 Å². The summed E-state index contributed by atoms with van der Waals surface area (Å²) in [6.45, 7) is 4.69. The summed E-state index contributed by atoms with van der Waals surface area (Å²) in [4.78, 5) is 0. The van der Waals surface area contributed by atoms with Crippen molar-refractivity contribution in [1.82, 2.24) is 5.32 Å². The molecule has 0 spiro atoms. The molecule has 5 heteroatoms. The minimum absolute atomic E-state index is 0.465. The van der Waals surface area contributed by atoms with Crippen LogP contribution in [0.5, 0.6) is 0 Å². The van der Waals surface area contributed by atoms with Crippen molar-refractivity contribution in [3.63, 3.8) is 0 Å². The SMILES string of the molecule is CCCCCCNC(CCC)S(=O)(=O)O. The van der Waals surface area contributed by atoms with Crippen molar-refractivity contribution in [3.8, 4) is 0 Å². The van der Waals surface area contributed by atoms with Gasteiger partial charge in [0, 0.05) is 0 Å². The molecule has 0 amide bonds. The molecule has 0 rings (SSSR count). The Balaban J connectivity index is 3.78. The van der Waals surface area contributed by atoms with Gasteiger partial charge in [0.2, 0.25) is 0 Å². The average molecular weight is 237 g/mol. The Labute approximate surface area is 93.2 Å². The monoisotopic (exact) mass is 237 g/mol. The fraction of sp³-hybridized carbons (Fsp3) is 1.00. The van der Waals surface area contributed by atoms with Crippen molar-refractivity contribution in [1.29, 1.82) is 0 Å². The van der Waals surface area contributed by atoms with Crippen molar-refractivity contribution in [2.75, 3.05) is 6.54 Å². The van der Waals surface area contributed by atoms with Crippen LogP contribution in [0.4, 0.5) is 0 Å². The number of rotatable bonds is 9. The topological polar surface area (TPSA) is 66.4 Å². The minimum atomic E-state index is -3.93. The first-order valence-electron chi connectivity index (χ1n) is 5.72. The van der Waals surface area contributed by atoms with E-state index in [1.54, 1.807) is 0 Å². The van der Waals surface area contributed by atoms with E-state index in [1.807, 2.05) is 6.92 Å². The van der Waals surface area contributed by atoms with Gasteiger partial charge in [0.25, 0.3) is 10.1 Å². The number of nitrogens with one attached hydrogen (secondary N) is 1. The predicted octanol–water partition coefficient (Wildman–Crippen LogP) is 2.17. The predicted molar refractivity (Wildman–Crippen MR) is 62.4 cm³/mol. The Morgan fingerprint density at radius 1 is 1.13 bits per heavy atom. The Morgan fingerprint density at radius 3 is 2.27 bits per heavy atom. The Hall–Kier alpha value is -0.130. The zero-order valence-electron chi connectivity index (χ0n) is 9.70. The van der Waals surface area contributed by atoms with Gasteiger partial charge in [0.05, 0.1) is 0 Å². The highest BCUT2D eigenvalue weighted by Crippen LogP contribution is 2.04. The number of unbranched alkanes of at least 4 members (excludes halogenated alkanes) is 3. The molecule has 0 saturated carbocycles. The first-order chi connectivity index (χ1) is 7.02. The summed E-state index contributed by atoms with van der Waals surface area (Å²) in [5.74, 6) is 0. The molecular formula is C10H23NO3S. The lowest BCUT2D eigenvalue weighted by Crippen LogP contribution is -2.36. The molecule has 0 aromatic rings. The molecule has 0 aromatic carbocycles. The molecule has 1 atom stereocenters. The molecule has 92 valence electrons. The maximum atomic E-state index is 10.9. The average Bonchev–Trinajstić information content (AvgIpc) is 2.14. The first kappa shape index (κ1) is 14.9. The van der Waals surface area contributed by atoms with E-state index in [1.165, 1.54) is 6.42 Å². The summed E-state index contributed by atoms with van der Waals surface area (Å²) in [6, 6.07) is 0. The highest BCUT2D eigenvalue weighted by Gasteiger charge is 2.20. The summed E-state index contributed by atoms with van der Waals surface area (Å²) in [6.07, 6.45) is 5.61. The normalized spacial score (nSPS) is 14.1. The maximum Gasteiger partial charge on any atom is 0.281 e. The van der Waals surface area contributed by atoms with Crippen LogP contribution < -0.4 is 5.32 Å². The summed E-state index contributed by atoms with van der Waals surface area (Å²) < 4.78 is 30.8. The first-order valence-corrected chi connectivity index (χ1v) is 7.22. The van der Waals surface area contributed by atoms with E-state index < -0.39 is 15.5 Å². The fourth-order valence-electron chi connectivity index (χ4n) is 1.43. The van der Waals surface area contributed by atoms with Crippen LogP contribution in [0.15, 0.2) is 0 Å². The van der Waals surface area contributed by atoms with Crippen LogP contribution in [0.3, 0.4) is 0 Å². The molecule has 0 aliphatic carbocycles. The Bertz CT molecular complexity index is 239. The third-order valence-electron chi connectivity index (χ3n) is 2.31. The maximum absolute atomic E-state index is 10.9. The second-order valence-electron chi connectivity index (χ2n) is 3.81. The van der Waals surface area contributed by atoms with E-state index in [9.17, 15) is 8.42 Å². The number of hydrogen-bond donors (Lipinski definition) is 2. The zero-order valence-corrected chi connectivity index (χ0v) is 10.5. The molecule has 0 radical (unpaired) electrons. The minimum Gasteiger partial charge on any atom is -0.299 e. The molecule has 2 N–H and O–H groups in total. The van der Waals surface area contributed by atoms with Gasteiger partial charge < -0.3 is 0 Å². The number of hydrogen-bond acceptors (Lipinski definition) is 3. The van der Waals surface area contributed by atoms with E-state index in [2.05, 4.69) is 12.2 Å². The van der Waals surface area contributed by atoms with Crippen LogP contribution in [-0.4, -0.2) is 24.9 Å². The smallest absolute Gasteiger partial charge is 0.281 e. The van der Waals surface area contributed by atoms with Crippen LogP contribution in [-0.2, 0) is 10.1 Å². The van der Waals surface area contributed by atoms with Gasteiger partial charge in [0.15, 0.2) is 0 Å². The molecule has 0 saturated heterocycles. The standard InChI is InChI=1S/C10H23NO3S/c1-3-5-6-7-9-11-10(8-4-2)15(12,13)14/h10-11H,3-9H2,1-2H3,(H,12,13,14). The van der Waals surface area contributed by atoms with Gasteiger partial charge >= 0.3 is 0 Å². The van der Waals surface area contributed by atoms with Crippen molar-refractivity contribution in [2.24, 2.45) is 0 Å². The highest BCUT2D eigenvalue weighted by molar-refractivity contribution is 7.86. The van der Waals surface area contributed by atoms with E-state index in [0.29, 0.717) is 13.0 Å². The molecule has 0 aliphatic rings. The largest absolute Gasteiger partial charge is 0.299 e. The second kappa shape index (κ2) is 8.07. The molecule has 0 aliphatic heterocycles. The van der Waals surface area contributed by atoms with Gasteiger partial charge in [-0.05, 0) is 19.4 Å². The van der Waals surface area contributed by atoms with Gasteiger partial charge in [-0.2, -0.15) is 8.42 Å². The molecule has 15 heavy (non-hydrogen) atoms. The quantitative estimate of drug-likeness (QED) is 0.476. The third-order valence-corrected chi connectivity index (χ3v) is 3.43. The fourth-order valence-corrected chi connectivity index (χ4v) is 2.30. The summed E-state index contributed by atoms with van der Waals surface area (Å²) in [5, 5.41) is 2.09. The van der Waals surface area contributed by atoms with Crippen LogP contribution in [0.1, 0.15) is 52.4 Å². The van der Waals surface area contributed by atoms with Gasteiger partial charge in [-0.15, -0.1) is 0 Å². The molecule has 4 nitrogen and oxygen atoms in total. The highest BCUT2D eigenvalue weighted by atomic mass is 32.2. The van der Waals surface area contributed by atoms with Gasteiger partial charge in [-0.3, -0.25) is 9.87 Å². The molecule has 0 bridgehead atoms. The molecule has 0 aromatic heterocycles. The van der Waals surface area contributed by atoms with E-state index in [4.69, 9.17) is 4.55 Å². The van der Waals surface area contributed by atoms with Crippen molar-refractivity contribution >= 4 is 10.1 Å². The van der Waals surface area contributed by atoms with Gasteiger partial charge in [0.1, 0.15) is 5.37 Å². The van der Waals surface area contributed by atoms with Gasteiger partial charge in [-0.1, -0.05) is 39.5 Å². The Kier molecular flexibility index (Phi) is 8.00. The van der Waals surface area contributed by atoms with E-state index in [-0.39, 0.29) is 0 Å². The van der Waals surface area contributed by atoms with Gasteiger partial charge in [-0.25, -0.2) is 0 Å². The Morgan fingerprint density at radius 2 is 1.80 bits per heavy atom. The van der Waals surface area contributed by atoms with Crippen LogP contribution in [0.25, 0.3) is 0 Å². The molecule has 0 heterocycles. The zero-order chi connectivity index (χ0) is 11.7. The molecule has 1 unspecified atom stereocenters. The lowest BCUT2D eigenvalue weighted by atomic mass is 10.2. The summed E-state index contributed by atoms with van der Waals surface area (Å²) in [7, 11) is -3.93. The third kappa shape index (κ3) is 7.76. The second-order valence-corrected chi connectivity index (χ2v) is 5.41. The summed E-state index contributed by atoms with van der Waals surface area (Å²) >= 11 is 0. The van der Waals surface area contributed by atoms with Crippen molar-refractivity contribution < 1.29 is 13.0 Å². The van der Waals surface area contributed by atoms with Crippen LogP contribution >= 0.6 is 0 Å². The van der Waals surface area contributed by atoms with Crippen molar-refractivity contribution in [3.05, 3.63) is 0 Å². The lowest BCUT2D eigenvalue weighted by Gasteiger charge is -2.14. The van der Waals surface area contributed by atoms with Crippen molar-refractivity contribution in [2.45, 2.75) is 57.7 Å². The van der Waals surface area contributed by atoms with Crippen LogP contribution in [0, 0.1) is 0 Å². The lowest BCUT2D eigenvalue weighted by molar-refractivity contribution is 0.436.